The van der Waals surface area contributed by atoms with E-state index in [4.69, 9.17) is 5.73 Å². The Morgan fingerprint density at radius 3 is 2.12 bits per heavy atom. The summed E-state index contributed by atoms with van der Waals surface area (Å²) in [5.74, 6) is -0.939. The van der Waals surface area contributed by atoms with E-state index in [0.717, 1.165) is 36.4 Å². The predicted octanol–water partition coefficient (Wildman–Crippen LogP) is 4.58. The lowest BCUT2D eigenvalue weighted by Gasteiger charge is -2.16. The van der Waals surface area contributed by atoms with E-state index in [2.05, 4.69) is 15.1 Å². The summed E-state index contributed by atoms with van der Waals surface area (Å²) in [6.07, 6.45) is -1.75. The normalized spacial score (nSPS) is 13.7. The average molecular weight is 471 g/mol. The van der Waals surface area contributed by atoms with Crippen molar-refractivity contribution in [1.29, 1.82) is 0 Å². The molecule has 0 aliphatic heterocycles. The maximum atomic E-state index is 12.7. The van der Waals surface area contributed by atoms with Crippen LogP contribution in [-0.4, -0.2) is 25.7 Å². The Morgan fingerprint density at radius 1 is 0.939 bits per heavy atom. The van der Waals surface area contributed by atoms with Crippen LogP contribution in [0.15, 0.2) is 36.7 Å². The molecule has 0 saturated carbocycles. The second-order valence-electron chi connectivity index (χ2n) is 7.37. The monoisotopic (exact) mass is 471 g/mol. The number of nitrogens with zero attached hydrogens (tertiary/aromatic N) is 4. The number of hydrogen-bond acceptors (Lipinski definition) is 4. The summed E-state index contributed by atoms with van der Waals surface area (Å²) < 4.78 is 74.9. The third-order valence-corrected chi connectivity index (χ3v) is 4.99. The van der Waals surface area contributed by atoms with Crippen molar-refractivity contribution in [2.24, 2.45) is 12.8 Å². The lowest BCUT2D eigenvalue weighted by atomic mass is 9.92. The molecule has 3 heterocycles. The molecule has 0 aromatic carbocycles. The zero-order valence-electron chi connectivity index (χ0n) is 17.3. The highest BCUT2D eigenvalue weighted by atomic mass is 19.4. The fourth-order valence-corrected chi connectivity index (χ4v) is 3.35. The van der Waals surface area contributed by atoms with Gasteiger partial charge in [0.15, 0.2) is 5.69 Å². The number of pyridine rings is 2. The van der Waals surface area contributed by atoms with Gasteiger partial charge in [0.25, 0.3) is 5.91 Å². The van der Waals surface area contributed by atoms with Crippen molar-refractivity contribution in [3.05, 3.63) is 64.9 Å². The lowest BCUT2D eigenvalue weighted by Crippen LogP contribution is -2.15. The fourth-order valence-electron chi connectivity index (χ4n) is 3.35. The topological polar surface area (TPSA) is 86.7 Å². The Balaban J connectivity index is 0.000000205. The molecule has 12 heteroatoms. The van der Waals surface area contributed by atoms with E-state index in [-0.39, 0.29) is 5.69 Å². The van der Waals surface area contributed by atoms with Gasteiger partial charge in [-0.25, -0.2) is 0 Å². The summed E-state index contributed by atoms with van der Waals surface area (Å²) in [5.41, 5.74) is 5.99. The molecular weight excluding hydrogens is 452 g/mol. The number of aromatic nitrogens is 4. The average Bonchev–Trinajstić information content (AvgIpc) is 3.16. The number of hydrogen-bond donors (Lipinski definition) is 1. The van der Waals surface area contributed by atoms with Crippen LogP contribution in [0.3, 0.4) is 0 Å². The first kappa shape index (κ1) is 24.2. The minimum absolute atomic E-state index is 0.271. The highest BCUT2D eigenvalue weighted by Crippen LogP contribution is 2.31. The molecule has 3 aromatic rings. The molecule has 33 heavy (non-hydrogen) atoms. The number of carbonyl (C=O) groups is 1. The Labute approximate surface area is 184 Å². The van der Waals surface area contributed by atoms with Crippen LogP contribution in [-0.2, 0) is 32.2 Å². The van der Waals surface area contributed by atoms with Crippen molar-refractivity contribution in [2.45, 2.75) is 38.0 Å². The molecule has 0 saturated heterocycles. The standard InChI is InChI=1S/C15H13F3N2.C6H6F3N3O/c16-15(17,18)14-8-11(5-6-19-14)13-7-10-3-1-2-4-12(10)9-20-13;1-12-3(5(10)13)2-4(11-12)6(7,8)9/h5-9H,1-4H2;2H,1H3,(H2,10,13). The summed E-state index contributed by atoms with van der Waals surface area (Å²) in [6.45, 7) is 0. The molecule has 1 amide bonds. The molecular formula is C21H19F6N5O. The van der Waals surface area contributed by atoms with Crippen molar-refractivity contribution in [3.63, 3.8) is 0 Å². The lowest BCUT2D eigenvalue weighted by molar-refractivity contribution is -0.142. The van der Waals surface area contributed by atoms with Gasteiger partial charge < -0.3 is 5.73 Å². The number of carbonyl (C=O) groups excluding carboxylic acids is 1. The van der Waals surface area contributed by atoms with E-state index in [1.54, 1.807) is 12.3 Å². The van der Waals surface area contributed by atoms with Gasteiger partial charge in [-0.15, -0.1) is 0 Å². The number of halogens is 6. The van der Waals surface area contributed by atoms with Crippen LogP contribution in [0.25, 0.3) is 11.3 Å². The first-order valence-corrected chi connectivity index (χ1v) is 9.78. The molecule has 176 valence electrons. The van der Waals surface area contributed by atoms with Crippen molar-refractivity contribution in [2.75, 3.05) is 0 Å². The maximum absolute atomic E-state index is 12.7. The molecule has 6 nitrogen and oxygen atoms in total. The molecule has 0 atom stereocenters. The number of fused-ring (bicyclic) bond motifs is 1. The highest BCUT2D eigenvalue weighted by Gasteiger charge is 2.35. The molecule has 0 spiro atoms. The summed E-state index contributed by atoms with van der Waals surface area (Å²) in [5, 5.41) is 3.09. The summed E-state index contributed by atoms with van der Waals surface area (Å²) >= 11 is 0. The van der Waals surface area contributed by atoms with Crippen molar-refractivity contribution in [1.82, 2.24) is 19.7 Å². The molecule has 2 N–H and O–H groups in total. The Kier molecular flexibility index (Phi) is 6.75. The van der Waals surface area contributed by atoms with Crippen molar-refractivity contribution in [3.8, 4) is 11.3 Å². The van der Waals surface area contributed by atoms with E-state index in [1.807, 2.05) is 6.07 Å². The van der Waals surface area contributed by atoms with Gasteiger partial charge in [-0.05, 0) is 55.0 Å². The Hall–Kier alpha value is -3.44. The third-order valence-electron chi connectivity index (χ3n) is 4.99. The van der Waals surface area contributed by atoms with E-state index in [1.165, 1.54) is 24.4 Å². The molecule has 0 radical (unpaired) electrons. The summed E-state index contributed by atoms with van der Waals surface area (Å²) in [6, 6.07) is 5.14. The van der Waals surface area contributed by atoms with Gasteiger partial charge in [-0.3, -0.25) is 19.4 Å². The van der Waals surface area contributed by atoms with Crippen molar-refractivity contribution < 1.29 is 31.1 Å². The number of nitrogens with two attached hydrogens (primary N) is 1. The number of alkyl halides is 6. The first-order valence-electron chi connectivity index (χ1n) is 9.78. The smallest absolute Gasteiger partial charge is 0.364 e. The Morgan fingerprint density at radius 2 is 1.58 bits per heavy atom. The fraction of sp³-hybridized carbons (Fsp3) is 0.333. The second kappa shape index (κ2) is 9.20. The summed E-state index contributed by atoms with van der Waals surface area (Å²) in [7, 11) is 1.22. The van der Waals surface area contributed by atoms with Crippen LogP contribution in [0.1, 0.15) is 45.8 Å². The van der Waals surface area contributed by atoms with Crippen molar-refractivity contribution >= 4 is 5.91 Å². The quantitative estimate of drug-likeness (QED) is 0.555. The Bertz CT molecular complexity index is 1150. The van der Waals surface area contributed by atoms with Gasteiger partial charge in [0.1, 0.15) is 11.4 Å². The number of amides is 1. The van der Waals surface area contributed by atoms with Gasteiger partial charge in [0, 0.05) is 31.1 Å². The minimum Gasteiger partial charge on any atom is -0.364 e. The van der Waals surface area contributed by atoms with Crippen LogP contribution < -0.4 is 5.73 Å². The van der Waals surface area contributed by atoms with Gasteiger partial charge >= 0.3 is 12.4 Å². The van der Waals surface area contributed by atoms with Gasteiger partial charge in [0.05, 0.1) is 5.69 Å². The first-order chi connectivity index (χ1) is 15.4. The van der Waals surface area contributed by atoms with Crippen LogP contribution in [0.2, 0.25) is 0 Å². The zero-order valence-corrected chi connectivity index (χ0v) is 17.3. The SMILES string of the molecule is Cn1nc(C(F)(F)F)cc1C(N)=O.FC(F)(F)c1cc(-c2cc3c(cn2)CCCC3)ccn1. The molecule has 1 aliphatic rings. The number of rotatable bonds is 2. The largest absolute Gasteiger partial charge is 0.435 e. The third kappa shape index (κ3) is 5.88. The molecule has 0 fully saturated rings. The van der Waals surface area contributed by atoms with E-state index < -0.39 is 29.6 Å². The predicted molar refractivity (Wildman–Crippen MR) is 106 cm³/mol. The molecule has 3 aromatic heterocycles. The number of primary amides is 1. The minimum atomic E-state index is -4.55. The van der Waals surface area contributed by atoms with Gasteiger partial charge in [-0.2, -0.15) is 31.4 Å². The summed E-state index contributed by atoms with van der Waals surface area (Å²) in [4.78, 5) is 18.2. The maximum Gasteiger partial charge on any atom is 0.435 e. The second-order valence-corrected chi connectivity index (χ2v) is 7.37. The highest BCUT2D eigenvalue weighted by molar-refractivity contribution is 5.91. The number of aryl methyl sites for hydroxylation is 3. The van der Waals surface area contributed by atoms with E-state index in [0.29, 0.717) is 17.3 Å². The van der Waals surface area contributed by atoms with E-state index >= 15 is 0 Å². The van der Waals surface area contributed by atoms with Gasteiger partial charge in [-0.1, -0.05) is 0 Å². The zero-order chi connectivity index (χ0) is 24.4. The van der Waals surface area contributed by atoms with E-state index in [9.17, 15) is 31.1 Å². The molecule has 1 aliphatic carbocycles. The molecule has 0 bridgehead atoms. The van der Waals surface area contributed by atoms with Crippen LogP contribution in [0.5, 0.6) is 0 Å². The molecule has 0 unspecified atom stereocenters. The molecule has 4 rings (SSSR count). The van der Waals surface area contributed by atoms with Crippen LogP contribution in [0, 0.1) is 0 Å². The van der Waals surface area contributed by atoms with Gasteiger partial charge in [0.2, 0.25) is 0 Å². The van der Waals surface area contributed by atoms with Crippen LogP contribution >= 0.6 is 0 Å². The van der Waals surface area contributed by atoms with Crippen LogP contribution in [0.4, 0.5) is 26.3 Å².